The van der Waals surface area contributed by atoms with Crippen molar-refractivity contribution in [1.82, 2.24) is 4.98 Å². The van der Waals surface area contributed by atoms with E-state index in [1.54, 1.807) is 23.5 Å². The van der Waals surface area contributed by atoms with E-state index >= 15 is 0 Å². The fraction of sp³-hybridized carbons (Fsp3) is 0.150. The van der Waals surface area contributed by atoms with Crippen molar-refractivity contribution in [3.05, 3.63) is 69.6 Å². The Morgan fingerprint density at radius 1 is 1.22 bits per heavy atom. The molecule has 0 fully saturated rings. The van der Waals surface area contributed by atoms with Crippen LogP contribution in [0.4, 0.5) is 5.69 Å². The maximum Gasteiger partial charge on any atom is 0.339 e. The van der Waals surface area contributed by atoms with E-state index < -0.39 is 11.9 Å². The molecular weight excluding hydrogens is 364 g/mol. The molecule has 138 valence electrons. The zero-order chi connectivity index (χ0) is 19.4. The van der Waals surface area contributed by atoms with Crippen LogP contribution in [0, 0.1) is 0 Å². The lowest BCUT2D eigenvalue weighted by molar-refractivity contribution is 0.0692. The molecule has 1 aromatic carbocycles. The van der Waals surface area contributed by atoms with Crippen LogP contribution in [0.3, 0.4) is 0 Å². The topological polar surface area (TPSA) is 92.4 Å². The standard InChI is InChI=1S/C20H18N2O4S/c1-12(2)17-11-27-18(22-17)7-6-13-4-3-5-14(8-13)21-19(23)15-9-26-10-16(15)20(24)25/h3-12H,1-2H3,(H,21,23)(H,24,25). The number of hydrogen-bond acceptors (Lipinski definition) is 5. The van der Waals surface area contributed by atoms with Crippen molar-refractivity contribution in [3.8, 4) is 0 Å². The van der Waals surface area contributed by atoms with Crippen LogP contribution in [-0.4, -0.2) is 22.0 Å². The van der Waals surface area contributed by atoms with Gasteiger partial charge in [-0.2, -0.15) is 0 Å². The number of nitrogens with one attached hydrogen (secondary N) is 1. The molecule has 0 aliphatic rings. The third-order valence-electron chi connectivity index (χ3n) is 3.83. The fourth-order valence-electron chi connectivity index (χ4n) is 2.37. The zero-order valence-electron chi connectivity index (χ0n) is 14.8. The summed E-state index contributed by atoms with van der Waals surface area (Å²) in [5.41, 5.74) is 2.32. The van der Waals surface area contributed by atoms with Gasteiger partial charge in [0.2, 0.25) is 0 Å². The first-order valence-corrected chi connectivity index (χ1v) is 9.16. The first-order valence-electron chi connectivity index (χ1n) is 8.28. The summed E-state index contributed by atoms with van der Waals surface area (Å²) in [5.74, 6) is -1.36. The Kier molecular flexibility index (Phi) is 5.52. The number of rotatable bonds is 6. The first-order chi connectivity index (χ1) is 12.9. The number of hydrogen-bond donors (Lipinski definition) is 2. The average Bonchev–Trinajstić information content (AvgIpc) is 3.30. The molecule has 0 bridgehead atoms. The number of thiazole rings is 1. The molecule has 0 unspecified atom stereocenters. The van der Waals surface area contributed by atoms with Gasteiger partial charge in [-0.05, 0) is 29.7 Å². The van der Waals surface area contributed by atoms with Crippen molar-refractivity contribution in [2.45, 2.75) is 19.8 Å². The molecule has 3 rings (SSSR count). The highest BCUT2D eigenvalue weighted by atomic mass is 32.1. The number of benzene rings is 1. The summed E-state index contributed by atoms with van der Waals surface area (Å²) in [4.78, 5) is 28.0. The molecule has 27 heavy (non-hydrogen) atoms. The van der Waals surface area contributed by atoms with E-state index in [1.165, 1.54) is 0 Å². The van der Waals surface area contributed by atoms with Crippen molar-refractivity contribution in [2.24, 2.45) is 0 Å². The normalized spacial score (nSPS) is 11.2. The Bertz CT molecular complexity index is 1000. The maximum absolute atomic E-state index is 12.3. The van der Waals surface area contributed by atoms with Crippen LogP contribution < -0.4 is 5.32 Å². The van der Waals surface area contributed by atoms with E-state index in [0.29, 0.717) is 11.6 Å². The van der Waals surface area contributed by atoms with Gasteiger partial charge < -0.3 is 14.8 Å². The van der Waals surface area contributed by atoms with Gasteiger partial charge in [-0.1, -0.05) is 32.1 Å². The highest BCUT2D eigenvalue weighted by Crippen LogP contribution is 2.21. The van der Waals surface area contributed by atoms with Gasteiger partial charge >= 0.3 is 5.97 Å². The Morgan fingerprint density at radius 3 is 2.70 bits per heavy atom. The predicted molar refractivity (Wildman–Crippen MR) is 105 cm³/mol. The Balaban J connectivity index is 1.73. The summed E-state index contributed by atoms with van der Waals surface area (Å²) in [6.45, 7) is 4.20. The lowest BCUT2D eigenvalue weighted by Crippen LogP contribution is -2.14. The van der Waals surface area contributed by atoms with Gasteiger partial charge in [0.1, 0.15) is 23.1 Å². The van der Waals surface area contributed by atoms with Crippen molar-refractivity contribution >= 4 is 41.1 Å². The Labute approximate surface area is 160 Å². The second kappa shape index (κ2) is 8.01. The van der Waals surface area contributed by atoms with E-state index in [2.05, 4.69) is 24.1 Å². The molecule has 0 aliphatic carbocycles. The molecule has 2 aromatic heterocycles. The highest BCUT2D eigenvalue weighted by molar-refractivity contribution is 7.10. The molecule has 0 saturated carbocycles. The lowest BCUT2D eigenvalue weighted by atomic mass is 10.1. The van der Waals surface area contributed by atoms with Gasteiger partial charge in [-0.15, -0.1) is 11.3 Å². The number of aromatic carboxylic acids is 1. The molecule has 0 atom stereocenters. The SMILES string of the molecule is CC(C)c1csc(C=Cc2cccc(NC(=O)c3cocc3C(=O)O)c2)n1. The monoisotopic (exact) mass is 382 g/mol. The average molecular weight is 382 g/mol. The Hall–Kier alpha value is -3.19. The minimum atomic E-state index is -1.21. The van der Waals surface area contributed by atoms with E-state index in [-0.39, 0.29) is 11.1 Å². The van der Waals surface area contributed by atoms with Crippen LogP contribution in [0.15, 0.2) is 46.6 Å². The predicted octanol–water partition coefficient (Wildman–Crippen LogP) is 4.98. The quantitative estimate of drug-likeness (QED) is 0.627. The minimum Gasteiger partial charge on any atom is -0.478 e. The molecule has 0 aliphatic heterocycles. The first kappa shape index (κ1) is 18.6. The fourth-order valence-corrected chi connectivity index (χ4v) is 3.24. The van der Waals surface area contributed by atoms with Crippen molar-refractivity contribution < 1.29 is 19.1 Å². The number of nitrogens with zero attached hydrogens (tertiary/aromatic N) is 1. The minimum absolute atomic E-state index is 0.0209. The molecule has 1 amide bonds. The summed E-state index contributed by atoms with van der Waals surface area (Å²) in [5, 5.41) is 14.7. The number of aromatic nitrogens is 1. The second-order valence-electron chi connectivity index (χ2n) is 6.18. The molecule has 0 radical (unpaired) electrons. The molecule has 2 heterocycles. The smallest absolute Gasteiger partial charge is 0.339 e. The molecular formula is C20H18N2O4S. The summed E-state index contributed by atoms with van der Waals surface area (Å²) in [6.07, 6.45) is 6.00. The van der Waals surface area contributed by atoms with E-state index in [4.69, 9.17) is 9.52 Å². The number of carbonyl (C=O) groups excluding carboxylic acids is 1. The second-order valence-corrected chi connectivity index (χ2v) is 7.07. The number of furan rings is 1. The maximum atomic E-state index is 12.3. The van der Waals surface area contributed by atoms with E-state index in [9.17, 15) is 9.59 Å². The van der Waals surface area contributed by atoms with Gasteiger partial charge in [0.25, 0.3) is 5.91 Å². The Morgan fingerprint density at radius 2 is 2.00 bits per heavy atom. The number of anilines is 1. The van der Waals surface area contributed by atoms with Gasteiger partial charge in [0, 0.05) is 11.1 Å². The third-order valence-corrected chi connectivity index (χ3v) is 4.66. The number of carbonyl (C=O) groups is 2. The number of carboxylic acids is 1. The van der Waals surface area contributed by atoms with E-state index in [1.807, 2.05) is 29.7 Å². The molecule has 7 heteroatoms. The van der Waals surface area contributed by atoms with Crippen LogP contribution in [-0.2, 0) is 0 Å². The van der Waals surface area contributed by atoms with Crippen LogP contribution in [0.1, 0.15) is 56.7 Å². The van der Waals surface area contributed by atoms with Crippen molar-refractivity contribution in [3.63, 3.8) is 0 Å². The summed E-state index contributed by atoms with van der Waals surface area (Å²) < 4.78 is 4.84. The van der Waals surface area contributed by atoms with Crippen LogP contribution in [0.5, 0.6) is 0 Å². The summed E-state index contributed by atoms with van der Waals surface area (Å²) in [7, 11) is 0. The van der Waals surface area contributed by atoms with Gasteiger partial charge in [0.15, 0.2) is 0 Å². The van der Waals surface area contributed by atoms with Gasteiger partial charge in [0.05, 0.1) is 11.3 Å². The van der Waals surface area contributed by atoms with E-state index in [0.717, 1.165) is 28.8 Å². The van der Waals surface area contributed by atoms with Crippen molar-refractivity contribution in [2.75, 3.05) is 5.32 Å². The molecule has 0 saturated heterocycles. The molecule has 6 nitrogen and oxygen atoms in total. The largest absolute Gasteiger partial charge is 0.478 e. The van der Waals surface area contributed by atoms with Crippen LogP contribution in [0.2, 0.25) is 0 Å². The lowest BCUT2D eigenvalue weighted by Gasteiger charge is -2.05. The molecule has 2 N–H and O–H groups in total. The summed E-state index contributed by atoms with van der Waals surface area (Å²) in [6, 6.07) is 7.25. The van der Waals surface area contributed by atoms with Crippen molar-refractivity contribution in [1.29, 1.82) is 0 Å². The summed E-state index contributed by atoms with van der Waals surface area (Å²) >= 11 is 1.58. The van der Waals surface area contributed by atoms with Crippen LogP contribution >= 0.6 is 11.3 Å². The number of carboxylic acid groups (broad SMARTS) is 1. The molecule has 3 aromatic rings. The highest BCUT2D eigenvalue weighted by Gasteiger charge is 2.19. The van der Waals surface area contributed by atoms with Crippen LogP contribution in [0.25, 0.3) is 12.2 Å². The van der Waals surface area contributed by atoms with Gasteiger partial charge in [-0.25, -0.2) is 9.78 Å². The zero-order valence-corrected chi connectivity index (χ0v) is 15.6. The third kappa shape index (κ3) is 4.51. The molecule has 0 spiro atoms. The number of amides is 1. The van der Waals surface area contributed by atoms with Gasteiger partial charge in [-0.3, -0.25) is 4.79 Å².